The molecule has 0 unspecified atom stereocenters. The van der Waals surface area contributed by atoms with E-state index in [2.05, 4.69) is 9.97 Å². The predicted octanol–water partition coefficient (Wildman–Crippen LogP) is 2.70. The van der Waals surface area contributed by atoms with Gasteiger partial charge in [0.1, 0.15) is 6.33 Å². The third-order valence-corrected chi connectivity index (χ3v) is 2.84. The molecule has 0 radical (unpaired) electrons. The molecule has 0 aliphatic rings. The highest BCUT2D eigenvalue weighted by Crippen LogP contribution is 2.25. The predicted molar refractivity (Wildman–Crippen MR) is 75.0 cm³/mol. The topological polar surface area (TPSA) is 70.2 Å². The Morgan fingerprint density at radius 1 is 1.33 bits per heavy atom. The second kappa shape index (κ2) is 5.62. The van der Waals surface area contributed by atoms with Crippen molar-refractivity contribution in [2.75, 3.05) is 6.61 Å². The molecule has 0 fully saturated rings. The van der Waals surface area contributed by atoms with Gasteiger partial charge in [0.05, 0.1) is 6.61 Å². The standard InChI is InChI=1S/C15H13N3O3/c1-2-20-15(19)12-14(18-9-8-16-10-18)21-13(17-12)11-6-4-3-5-7-11/h3-10H,2H2,1H3. The van der Waals surface area contributed by atoms with E-state index in [1.807, 2.05) is 30.3 Å². The molecule has 106 valence electrons. The molecule has 6 heteroatoms. The first-order valence-corrected chi connectivity index (χ1v) is 6.51. The van der Waals surface area contributed by atoms with Crippen molar-refractivity contribution in [3.05, 3.63) is 54.7 Å². The highest BCUT2D eigenvalue weighted by molar-refractivity contribution is 5.91. The fraction of sp³-hybridized carbons (Fsp3) is 0.133. The smallest absolute Gasteiger partial charge is 0.362 e. The Balaban J connectivity index is 2.09. The summed E-state index contributed by atoms with van der Waals surface area (Å²) in [5.41, 5.74) is 0.920. The molecule has 0 aliphatic heterocycles. The number of carbonyl (C=O) groups excluding carboxylic acids is 1. The Morgan fingerprint density at radius 2 is 2.14 bits per heavy atom. The van der Waals surface area contributed by atoms with Crippen LogP contribution in [0.25, 0.3) is 17.3 Å². The molecular weight excluding hydrogens is 270 g/mol. The molecule has 21 heavy (non-hydrogen) atoms. The van der Waals surface area contributed by atoms with E-state index in [9.17, 15) is 4.79 Å². The van der Waals surface area contributed by atoms with Crippen molar-refractivity contribution in [1.82, 2.24) is 14.5 Å². The van der Waals surface area contributed by atoms with Crippen molar-refractivity contribution >= 4 is 5.97 Å². The Labute approximate surface area is 121 Å². The van der Waals surface area contributed by atoms with E-state index in [-0.39, 0.29) is 12.3 Å². The molecule has 0 aliphatic carbocycles. The van der Waals surface area contributed by atoms with Gasteiger partial charge in [-0.1, -0.05) is 18.2 Å². The number of esters is 1. The number of nitrogens with zero attached hydrogens (tertiary/aromatic N) is 3. The number of benzene rings is 1. The van der Waals surface area contributed by atoms with Crippen molar-refractivity contribution in [3.63, 3.8) is 0 Å². The quantitative estimate of drug-likeness (QED) is 0.688. The van der Waals surface area contributed by atoms with Gasteiger partial charge in [0.2, 0.25) is 17.5 Å². The summed E-state index contributed by atoms with van der Waals surface area (Å²) >= 11 is 0. The van der Waals surface area contributed by atoms with E-state index in [0.717, 1.165) is 5.56 Å². The van der Waals surface area contributed by atoms with Gasteiger partial charge >= 0.3 is 5.97 Å². The van der Waals surface area contributed by atoms with Crippen LogP contribution in [0.15, 0.2) is 53.5 Å². The lowest BCUT2D eigenvalue weighted by Crippen LogP contribution is -2.08. The second-order valence-corrected chi connectivity index (χ2v) is 4.23. The van der Waals surface area contributed by atoms with Gasteiger partial charge < -0.3 is 9.15 Å². The van der Waals surface area contributed by atoms with Crippen LogP contribution in [-0.2, 0) is 4.74 Å². The number of rotatable bonds is 4. The van der Waals surface area contributed by atoms with Crippen LogP contribution in [0.3, 0.4) is 0 Å². The minimum Gasteiger partial charge on any atom is -0.461 e. The summed E-state index contributed by atoms with van der Waals surface area (Å²) in [5.74, 6) is 0.138. The third kappa shape index (κ3) is 2.55. The first-order valence-electron chi connectivity index (χ1n) is 6.51. The second-order valence-electron chi connectivity index (χ2n) is 4.23. The summed E-state index contributed by atoms with van der Waals surface area (Å²) in [6, 6.07) is 9.37. The van der Waals surface area contributed by atoms with Gasteiger partial charge in [-0.2, -0.15) is 4.98 Å². The first-order chi connectivity index (χ1) is 10.3. The molecule has 1 aromatic carbocycles. The zero-order valence-corrected chi connectivity index (χ0v) is 11.4. The van der Waals surface area contributed by atoms with Crippen LogP contribution in [-0.4, -0.2) is 27.1 Å². The van der Waals surface area contributed by atoms with Gasteiger partial charge in [0, 0.05) is 18.0 Å². The molecule has 0 bridgehead atoms. The van der Waals surface area contributed by atoms with Gasteiger partial charge in [-0.05, 0) is 19.1 Å². The van der Waals surface area contributed by atoms with Gasteiger partial charge in [0.15, 0.2) is 0 Å². The lowest BCUT2D eigenvalue weighted by Gasteiger charge is -2.00. The fourth-order valence-corrected chi connectivity index (χ4v) is 1.90. The molecular formula is C15H13N3O3. The molecule has 0 saturated carbocycles. The fourth-order valence-electron chi connectivity index (χ4n) is 1.90. The van der Waals surface area contributed by atoms with E-state index < -0.39 is 5.97 Å². The van der Waals surface area contributed by atoms with E-state index in [1.165, 1.54) is 6.33 Å². The van der Waals surface area contributed by atoms with Crippen molar-refractivity contribution in [2.24, 2.45) is 0 Å². The van der Waals surface area contributed by atoms with Crippen LogP contribution in [0.2, 0.25) is 0 Å². The van der Waals surface area contributed by atoms with Crippen LogP contribution in [0.5, 0.6) is 0 Å². The van der Waals surface area contributed by atoms with Gasteiger partial charge in [-0.25, -0.2) is 9.78 Å². The molecule has 0 atom stereocenters. The van der Waals surface area contributed by atoms with Crippen molar-refractivity contribution in [3.8, 4) is 17.3 Å². The summed E-state index contributed by atoms with van der Waals surface area (Å²) in [5, 5.41) is 0. The average molecular weight is 283 g/mol. The number of ether oxygens (including phenoxy) is 1. The number of aromatic nitrogens is 3. The van der Waals surface area contributed by atoms with E-state index >= 15 is 0 Å². The van der Waals surface area contributed by atoms with Crippen LogP contribution in [0.1, 0.15) is 17.4 Å². The minimum atomic E-state index is -0.521. The molecule has 0 spiro atoms. The molecule has 2 heterocycles. The van der Waals surface area contributed by atoms with E-state index in [4.69, 9.17) is 9.15 Å². The number of oxazole rings is 1. The highest BCUT2D eigenvalue weighted by Gasteiger charge is 2.23. The number of carbonyl (C=O) groups is 1. The zero-order valence-electron chi connectivity index (χ0n) is 11.4. The Morgan fingerprint density at radius 3 is 2.81 bits per heavy atom. The molecule has 3 rings (SSSR count). The van der Waals surface area contributed by atoms with Crippen LogP contribution in [0, 0.1) is 0 Å². The normalized spacial score (nSPS) is 10.5. The highest BCUT2D eigenvalue weighted by atomic mass is 16.5. The summed E-state index contributed by atoms with van der Waals surface area (Å²) in [4.78, 5) is 20.2. The molecule has 6 nitrogen and oxygen atoms in total. The summed E-state index contributed by atoms with van der Waals surface area (Å²) in [6.07, 6.45) is 4.82. The monoisotopic (exact) mass is 283 g/mol. The van der Waals surface area contributed by atoms with Crippen molar-refractivity contribution < 1.29 is 13.9 Å². The van der Waals surface area contributed by atoms with Crippen LogP contribution in [0.4, 0.5) is 0 Å². The van der Waals surface area contributed by atoms with E-state index in [1.54, 1.807) is 23.9 Å². The number of hydrogen-bond donors (Lipinski definition) is 0. The Hall–Kier alpha value is -2.89. The number of hydrogen-bond acceptors (Lipinski definition) is 5. The lowest BCUT2D eigenvalue weighted by atomic mass is 10.2. The zero-order chi connectivity index (χ0) is 14.7. The summed E-state index contributed by atoms with van der Waals surface area (Å²) in [6.45, 7) is 2.02. The van der Waals surface area contributed by atoms with Gasteiger partial charge in [-0.15, -0.1) is 0 Å². The van der Waals surface area contributed by atoms with Gasteiger partial charge in [-0.3, -0.25) is 4.57 Å². The molecule has 2 aromatic heterocycles. The maximum absolute atomic E-state index is 12.0. The summed E-state index contributed by atoms with van der Waals surface area (Å²) < 4.78 is 12.3. The average Bonchev–Trinajstić information content (AvgIpc) is 3.17. The summed E-state index contributed by atoms with van der Waals surface area (Å²) in [7, 11) is 0. The SMILES string of the molecule is CCOC(=O)c1nc(-c2ccccc2)oc1-n1ccnc1. The Kier molecular flexibility index (Phi) is 3.51. The largest absolute Gasteiger partial charge is 0.461 e. The third-order valence-electron chi connectivity index (χ3n) is 2.84. The molecule has 3 aromatic rings. The number of imidazole rings is 1. The van der Waals surface area contributed by atoms with E-state index in [0.29, 0.717) is 11.8 Å². The molecule has 0 N–H and O–H groups in total. The van der Waals surface area contributed by atoms with Crippen molar-refractivity contribution in [2.45, 2.75) is 6.92 Å². The van der Waals surface area contributed by atoms with Gasteiger partial charge in [0.25, 0.3) is 0 Å². The van der Waals surface area contributed by atoms with Crippen LogP contribution >= 0.6 is 0 Å². The van der Waals surface area contributed by atoms with Crippen molar-refractivity contribution in [1.29, 1.82) is 0 Å². The minimum absolute atomic E-state index is 0.133. The molecule has 0 saturated heterocycles. The maximum Gasteiger partial charge on any atom is 0.362 e. The van der Waals surface area contributed by atoms with Crippen LogP contribution < -0.4 is 0 Å². The maximum atomic E-state index is 12.0. The first kappa shape index (κ1) is 13.1. The lowest BCUT2D eigenvalue weighted by molar-refractivity contribution is 0.0519. The Bertz CT molecular complexity index is 733. The molecule has 0 amide bonds.